The number of fused-ring (bicyclic) bond motifs is 1. The second-order valence-corrected chi connectivity index (χ2v) is 12.7. The summed E-state index contributed by atoms with van der Waals surface area (Å²) in [6, 6.07) is 27.2. The molecule has 0 saturated heterocycles. The molecule has 3 nitrogen and oxygen atoms in total. The van der Waals surface area contributed by atoms with Crippen LogP contribution in [0.5, 0.6) is 0 Å². The Morgan fingerprint density at radius 2 is 1.39 bits per heavy atom. The molecule has 0 amide bonds. The average Bonchev–Trinajstić information content (AvgIpc) is 3.26. The molecule has 0 aliphatic carbocycles. The fourth-order valence-corrected chi connectivity index (χ4v) is 5.12. The van der Waals surface area contributed by atoms with Crippen molar-refractivity contribution in [3.05, 3.63) is 125 Å². The standard InChI is InChI=1S/C35H41N3/c1-34(2,3)28-12-8-25(9-13-28)24-38-21-18-27-22-30(16-17-32(27)38)36-31-19-20-37(7)33(23-31)26-10-14-29(15-11-26)35(4,5)6/h8-23,33,36H,24H2,1-7H3. The Morgan fingerprint density at radius 1 is 0.763 bits per heavy atom. The van der Waals surface area contributed by atoms with Crippen LogP contribution in [0.15, 0.2) is 103 Å². The molecule has 38 heavy (non-hydrogen) atoms. The summed E-state index contributed by atoms with van der Waals surface area (Å²) in [5.74, 6) is 0. The van der Waals surface area contributed by atoms with Crippen molar-refractivity contribution < 1.29 is 0 Å². The highest BCUT2D eigenvalue weighted by Gasteiger charge is 2.19. The lowest BCUT2D eigenvalue weighted by molar-refractivity contribution is 0.387. The minimum absolute atomic E-state index is 0.161. The van der Waals surface area contributed by atoms with Gasteiger partial charge in [0.25, 0.3) is 0 Å². The molecule has 3 heteroatoms. The molecule has 196 valence electrons. The van der Waals surface area contributed by atoms with E-state index in [4.69, 9.17) is 0 Å². The monoisotopic (exact) mass is 503 g/mol. The fraction of sp³-hybridized carbons (Fsp3) is 0.314. The molecule has 1 aliphatic heterocycles. The Bertz CT molecular complexity index is 1470. The van der Waals surface area contributed by atoms with E-state index in [1.54, 1.807) is 0 Å². The van der Waals surface area contributed by atoms with Gasteiger partial charge in [0.15, 0.2) is 0 Å². The highest BCUT2D eigenvalue weighted by molar-refractivity contribution is 5.84. The molecule has 3 aromatic carbocycles. The van der Waals surface area contributed by atoms with Crippen LogP contribution in [0, 0.1) is 0 Å². The van der Waals surface area contributed by atoms with Gasteiger partial charge in [0.1, 0.15) is 0 Å². The summed E-state index contributed by atoms with van der Waals surface area (Å²) in [6.45, 7) is 14.4. The van der Waals surface area contributed by atoms with Gasteiger partial charge in [-0.3, -0.25) is 0 Å². The number of hydrogen-bond donors (Lipinski definition) is 1. The quantitative estimate of drug-likeness (QED) is 0.294. The minimum atomic E-state index is 0.161. The van der Waals surface area contributed by atoms with Crippen molar-refractivity contribution in [1.29, 1.82) is 0 Å². The Kier molecular flexibility index (Phi) is 6.73. The molecule has 0 bridgehead atoms. The number of nitrogens with zero attached hydrogens (tertiary/aromatic N) is 2. The molecule has 1 N–H and O–H groups in total. The van der Waals surface area contributed by atoms with Crippen molar-refractivity contribution >= 4 is 16.6 Å². The summed E-state index contributed by atoms with van der Waals surface area (Å²) in [7, 11) is 2.14. The van der Waals surface area contributed by atoms with Crippen LogP contribution in [0.25, 0.3) is 10.9 Å². The molecule has 5 rings (SSSR count). The number of hydrogen-bond acceptors (Lipinski definition) is 2. The Balaban J connectivity index is 1.32. The van der Waals surface area contributed by atoms with Gasteiger partial charge in [-0.25, -0.2) is 0 Å². The van der Waals surface area contributed by atoms with Gasteiger partial charge in [-0.1, -0.05) is 90.1 Å². The molecule has 0 spiro atoms. The van der Waals surface area contributed by atoms with Crippen molar-refractivity contribution in [3.63, 3.8) is 0 Å². The summed E-state index contributed by atoms with van der Waals surface area (Å²) >= 11 is 0. The highest BCUT2D eigenvalue weighted by Crippen LogP contribution is 2.31. The van der Waals surface area contributed by atoms with Gasteiger partial charge in [-0.15, -0.1) is 0 Å². The van der Waals surface area contributed by atoms with Crippen LogP contribution in [-0.2, 0) is 17.4 Å². The second kappa shape index (κ2) is 9.87. The first-order valence-corrected chi connectivity index (χ1v) is 13.7. The topological polar surface area (TPSA) is 20.2 Å². The van der Waals surface area contributed by atoms with Crippen molar-refractivity contribution in [2.75, 3.05) is 12.4 Å². The lowest BCUT2D eigenvalue weighted by atomic mass is 9.86. The fourth-order valence-electron chi connectivity index (χ4n) is 5.12. The van der Waals surface area contributed by atoms with Crippen molar-refractivity contribution in [2.45, 2.75) is 65.0 Å². The number of aromatic nitrogens is 1. The van der Waals surface area contributed by atoms with E-state index in [0.717, 1.165) is 17.9 Å². The maximum absolute atomic E-state index is 3.65. The van der Waals surface area contributed by atoms with Gasteiger partial charge < -0.3 is 14.8 Å². The molecule has 1 atom stereocenters. The van der Waals surface area contributed by atoms with E-state index in [1.165, 1.54) is 33.2 Å². The first-order valence-electron chi connectivity index (χ1n) is 13.7. The van der Waals surface area contributed by atoms with Crippen LogP contribution < -0.4 is 5.32 Å². The third kappa shape index (κ3) is 5.57. The highest BCUT2D eigenvalue weighted by atomic mass is 15.1. The van der Waals surface area contributed by atoms with Gasteiger partial charge in [-0.2, -0.15) is 0 Å². The summed E-state index contributed by atoms with van der Waals surface area (Å²) < 4.78 is 2.33. The van der Waals surface area contributed by atoms with Crippen LogP contribution in [-0.4, -0.2) is 16.5 Å². The molecule has 4 aromatic rings. The predicted molar refractivity (Wildman–Crippen MR) is 163 cm³/mol. The van der Waals surface area contributed by atoms with Crippen LogP contribution in [0.1, 0.15) is 69.8 Å². The van der Waals surface area contributed by atoms with E-state index < -0.39 is 0 Å². The number of anilines is 1. The Hall–Kier alpha value is -3.72. The molecular formula is C35H41N3. The predicted octanol–water partition coefficient (Wildman–Crippen LogP) is 8.78. The summed E-state index contributed by atoms with van der Waals surface area (Å²) in [6.07, 6.45) is 8.81. The molecule has 1 aromatic heterocycles. The Labute approximate surface area is 228 Å². The van der Waals surface area contributed by atoms with E-state index in [1.807, 2.05) is 0 Å². The summed E-state index contributed by atoms with van der Waals surface area (Å²) in [5.41, 5.74) is 9.16. The zero-order valence-corrected chi connectivity index (χ0v) is 23.9. The average molecular weight is 504 g/mol. The van der Waals surface area contributed by atoms with Gasteiger partial charge >= 0.3 is 0 Å². The third-order valence-corrected chi connectivity index (χ3v) is 7.62. The minimum Gasteiger partial charge on any atom is -0.370 e. The number of nitrogens with one attached hydrogen (secondary N) is 1. The molecule has 0 saturated carbocycles. The number of allylic oxidation sites excluding steroid dienone is 1. The largest absolute Gasteiger partial charge is 0.370 e. The SMILES string of the molecule is CN1C=CC(Nc2ccc3c(ccn3Cc3ccc(C(C)(C)C)cc3)c2)=CC1c1ccc(C(C)(C)C)cc1. The van der Waals surface area contributed by atoms with Crippen LogP contribution >= 0.6 is 0 Å². The van der Waals surface area contributed by atoms with Crippen molar-refractivity contribution in [1.82, 2.24) is 9.47 Å². The second-order valence-electron chi connectivity index (χ2n) is 12.7. The molecule has 1 aliphatic rings. The first kappa shape index (κ1) is 25.9. The van der Waals surface area contributed by atoms with Crippen LogP contribution in [0.2, 0.25) is 0 Å². The number of rotatable bonds is 5. The van der Waals surface area contributed by atoms with E-state index in [-0.39, 0.29) is 16.9 Å². The lowest BCUT2D eigenvalue weighted by Gasteiger charge is -2.29. The van der Waals surface area contributed by atoms with Gasteiger partial charge in [0.2, 0.25) is 0 Å². The van der Waals surface area contributed by atoms with Crippen molar-refractivity contribution in [3.8, 4) is 0 Å². The molecule has 0 radical (unpaired) electrons. The molecule has 0 fully saturated rings. The normalized spacial score (nSPS) is 16.1. The lowest BCUT2D eigenvalue weighted by Crippen LogP contribution is -2.22. The smallest absolute Gasteiger partial charge is 0.0740 e. The summed E-state index contributed by atoms with van der Waals surface area (Å²) in [5, 5.41) is 4.89. The molecule has 1 unspecified atom stereocenters. The number of likely N-dealkylation sites (N-methyl/N-ethyl adjacent to an activating group) is 1. The summed E-state index contributed by atoms with van der Waals surface area (Å²) in [4.78, 5) is 2.26. The number of benzene rings is 3. The zero-order chi connectivity index (χ0) is 27.1. The zero-order valence-electron chi connectivity index (χ0n) is 23.9. The van der Waals surface area contributed by atoms with E-state index in [2.05, 4.69) is 161 Å². The molecular weight excluding hydrogens is 462 g/mol. The van der Waals surface area contributed by atoms with Gasteiger partial charge in [0.05, 0.1) is 6.04 Å². The maximum atomic E-state index is 3.65. The van der Waals surface area contributed by atoms with Crippen LogP contribution in [0.3, 0.4) is 0 Å². The Morgan fingerprint density at radius 3 is 2.03 bits per heavy atom. The van der Waals surface area contributed by atoms with E-state index >= 15 is 0 Å². The van der Waals surface area contributed by atoms with Gasteiger partial charge in [0, 0.05) is 48.3 Å². The van der Waals surface area contributed by atoms with Crippen molar-refractivity contribution in [2.24, 2.45) is 0 Å². The van der Waals surface area contributed by atoms with Gasteiger partial charge in [-0.05, 0) is 69.5 Å². The molecule has 2 heterocycles. The first-order chi connectivity index (χ1) is 18.0. The van der Waals surface area contributed by atoms with E-state index in [9.17, 15) is 0 Å². The third-order valence-electron chi connectivity index (χ3n) is 7.62. The van der Waals surface area contributed by atoms with E-state index in [0.29, 0.717) is 0 Å². The maximum Gasteiger partial charge on any atom is 0.0740 e. The van der Waals surface area contributed by atoms with Crippen LogP contribution in [0.4, 0.5) is 5.69 Å².